The predicted molar refractivity (Wildman–Crippen MR) is 130 cm³/mol. The van der Waals surface area contributed by atoms with Crippen molar-refractivity contribution in [2.24, 2.45) is 0 Å². The van der Waals surface area contributed by atoms with E-state index < -0.39 is 20.1 Å². The zero-order valence-corrected chi connectivity index (χ0v) is 20.7. The van der Waals surface area contributed by atoms with E-state index >= 15 is 0 Å². The van der Waals surface area contributed by atoms with E-state index in [1.165, 1.54) is 6.07 Å². The van der Waals surface area contributed by atoms with E-state index in [1.807, 2.05) is 49.4 Å². The maximum absolute atomic E-state index is 13.9. The van der Waals surface area contributed by atoms with Crippen LogP contribution in [0.3, 0.4) is 0 Å². The molecule has 0 bridgehead atoms. The summed E-state index contributed by atoms with van der Waals surface area (Å²) in [5.41, 5.74) is 0.0842. The van der Waals surface area contributed by atoms with Crippen LogP contribution in [0.5, 0.6) is 0 Å². The Morgan fingerprint density at radius 3 is 1.76 bits per heavy atom. The van der Waals surface area contributed by atoms with Gasteiger partial charge in [-0.15, -0.1) is 0 Å². The molecule has 33 heavy (non-hydrogen) atoms. The highest BCUT2D eigenvalue weighted by Gasteiger charge is 2.50. The fourth-order valence-electron chi connectivity index (χ4n) is 4.85. The van der Waals surface area contributed by atoms with Crippen molar-refractivity contribution in [3.8, 4) is 0 Å². The number of alkyl halides is 3. The Hall–Kier alpha value is -2.37. The summed E-state index contributed by atoms with van der Waals surface area (Å²) < 4.78 is 48.7. The summed E-state index contributed by atoms with van der Waals surface area (Å²) in [5, 5.41) is 1.99. The Balaban J connectivity index is 1.77. The monoisotopic (exact) mass is 468 g/mol. The maximum Gasteiger partial charge on any atom is 0.416 e. The molecule has 1 fully saturated rings. The van der Waals surface area contributed by atoms with Crippen LogP contribution in [0.1, 0.15) is 57.2 Å². The third-order valence-corrected chi connectivity index (χ3v) is 11.9. The van der Waals surface area contributed by atoms with E-state index in [2.05, 4.69) is 45.0 Å². The summed E-state index contributed by atoms with van der Waals surface area (Å²) in [6, 6.07) is 25.1. The van der Waals surface area contributed by atoms with Gasteiger partial charge in [0.05, 0.1) is 12.2 Å². The molecule has 0 saturated heterocycles. The van der Waals surface area contributed by atoms with E-state index in [-0.39, 0.29) is 17.1 Å². The Bertz CT molecular complexity index is 1060. The molecular formula is C28H31F3OSi. The molecule has 3 aromatic rings. The third-order valence-electron chi connectivity index (χ3n) is 6.91. The van der Waals surface area contributed by atoms with Gasteiger partial charge in [0.25, 0.3) is 8.32 Å². The van der Waals surface area contributed by atoms with Gasteiger partial charge in [-0.2, -0.15) is 13.2 Å². The zero-order chi connectivity index (χ0) is 23.9. The number of hydrogen-bond acceptors (Lipinski definition) is 1. The average Bonchev–Trinajstić information content (AvgIpc) is 3.52. The molecule has 3 aromatic carbocycles. The van der Waals surface area contributed by atoms with Gasteiger partial charge in [-0.25, -0.2) is 0 Å². The summed E-state index contributed by atoms with van der Waals surface area (Å²) in [5.74, 6) is 0. The predicted octanol–water partition coefficient (Wildman–Crippen LogP) is 6.83. The van der Waals surface area contributed by atoms with Crippen LogP contribution in [-0.4, -0.2) is 8.32 Å². The van der Waals surface area contributed by atoms with Crippen molar-refractivity contribution < 1.29 is 17.6 Å². The lowest BCUT2D eigenvalue weighted by Crippen LogP contribution is -2.66. The van der Waals surface area contributed by atoms with Gasteiger partial charge in [-0.05, 0) is 50.9 Å². The largest absolute Gasteiger partial charge is 0.416 e. The minimum Gasteiger partial charge on any atom is -0.403 e. The molecule has 0 heterocycles. The van der Waals surface area contributed by atoms with Crippen LogP contribution in [0.25, 0.3) is 0 Å². The highest BCUT2D eigenvalue weighted by molar-refractivity contribution is 6.99. The minimum atomic E-state index is -4.38. The second-order valence-corrected chi connectivity index (χ2v) is 14.7. The first-order chi connectivity index (χ1) is 15.5. The van der Waals surface area contributed by atoms with Crippen molar-refractivity contribution >= 4 is 18.7 Å². The molecule has 174 valence electrons. The SMILES string of the molecule is CC1(c2ccc(CO[Si](c3ccccc3)(c3ccccc3)C(C)(C)C)cc2C(F)(F)F)CC1. The standard InChI is InChI=1S/C28H31F3OSi/c1-26(2,3)33(22-11-7-5-8-12-22,23-13-9-6-10-14-23)32-20-21-15-16-24(27(4)17-18-27)25(19-21)28(29,30)31/h5-16,19H,17-18,20H2,1-4H3. The van der Waals surface area contributed by atoms with Gasteiger partial charge in [0.2, 0.25) is 0 Å². The van der Waals surface area contributed by atoms with Crippen molar-refractivity contribution in [1.29, 1.82) is 0 Å². The molecule has 0 aliphatic heterocycles. The smallest absolute Gasteiger partial charge is 0.403 e. The van der Waals surface area contributed by atoms with Crippen LogP contribution in [0.2, 0.25) is 5.04 Å². The molecule has 0 N–H and O–H groups in total. The zero-order valence-electron chi connectivity index (χ0n) is 19.7. The van der Waals surface area contributed by atoms with E-state index in [4.69, 9.17) is 4.43 Å². The Morgan fingerprint density at radius 1 is 0.818 bits per heavy atom. The molecule has 1 aliphatic carbocycles. The quantitative estimate of drug-likeness (QED) is 0.360. The molecule has 5 heteroatoms. The average molecular weight is 469 g/mol. The van der Waals surface area contributed by atoms with Gasteiger partial charge in [-0.1, -0.05) is 100 Å². The summed E-state index contributed by atoms with van der Waals surface area (Å²) in [6.07, 6.45) is -2.78. The first-order valence-corrected chi connectivity index (χ1v) is 13.3. The maximum atomic E-state index is 13.9. The molecule has 0 amide bonds. The summed E-state index contributed by atoms with van der Waals surface area (Å²) >= 11 is 0. The molecule has 4 rings (SSSR count). The molecule has 1 saturated carbocycles. The molecule has 0 spiro atoms. The fourth-order valence-corrected chi connectivity index (χ4v) is 9.39. The molecule has 0 radical (unpaired) electrons. The summed E-state index contributed by atoms with van der Waals surface area (Å²) in [7, 11) is -2.81. The topological polar surface area (TPSA) is 9.23 Å². The van der Waals surface area contributed by atoms with Gasteiger partial charge < -0.3 is 4.43 Å². The minimum absolute atomic E-state index is 0.132. The van der Waals surface area contributed by atoms with Crippen LogP contribution in [0, 0.1) is 0 Å². The van der Waals surface area contributed by atoms with Gasteiger partial charge >= 0.3 is 6.18 Å². The summed E-state index contributed by atoms with van der Waals surface area (Å²) in [4.78, 5) is 0. The second-order valence-electron chi connectivity index (χ2n) is 10.4. The first-order valence-electron chi connectivity index (χ1n) is 11.4. The van der Waals surface area contributed by atoms with Crippen LogP contribution in [0.15, 0.2) is 78.9 Å². The van der Waals surface area contributed by atoms with E-state index in [1.54, 1.807) is 6.07 Å². The normalized spacial score (nSPS) is 16.0. The molecule has 0 atom stereocenters. The van der Waals surface area contributed by atoms with Crippen molar-refractivity contribution in [1.82, 2.24) is 0 Å². The van der Waals surface area contributed by atoms with Gasteiger partial charge in [-0.3, -0.25) is 0 Å². The third kappa shape index (κ3) is 4.53. The molecule has 0 aromatic heterocycles. The number of halogens is 3. The van der Waals surface area contributed by atoms with Crippen LogP contribution in [0.4, 0.5) is 13.2 Å². The number of hydrogen-bond donors (Lipinski definition) is 0. The van der Waals surface area contributed by atoms with Crippen LogP contribution >= 0.6 is 0 Å². The van der Waals surface area contributed by atoms with Crippen LogP contribution in [-0.2, 0) is 22.6 Å². The van der Waals surface area contributed by atoms with Crippen LogP contribution < -0.4 is 10.4 Å². The van der Waals surface area contributed by atoms with E-state index in [0.717, 1.165) is 23.2 Å². The van der Waals surface area contributed by atoms with Gasteiger partial charge in [0.15, 0.2) is 0 Å². The Labute approximate surface area is 195 Å². The van der Waals surface area contributed by atoms with Crippen molar-refractivity contribution in [2.75, 3.05) is 0 Å². The van der Waals surface area contributed by atoms with E-state index in [0.29, 0.717) is 11.1 Å². The highest BCUT2D eigenvalue weighted by atomic mass is 28.4. The van der Waals surface area contributed by atoms with Crippen molar-refractivity contribution in [3.05, 3.63) is 95.6 Å². The van der Waals surface area contributed by atoms with Crippen molar-refractivity contribution in [3.63, 3.8) is 0 Å². The van der Waals surface area contributed by atoms with Gasteiger partial charge in [0, 0.05) is 0 Å². The second kappa shape index (κ2) is 8.44. The Kier molecular flexibility index (Phi) is 6.08. The Morgan fingerprint density at radius 2 is 1.33 bits per heavy atom. The van der Waals surface area contributed by atoms with Gasteiger partial charge in [0.1, 0.15) is 0 Å². The highest BCUT2D eigenvalue weighted by Crippen LogP contribution is 2.51. The molecule has 1 nitrogen and oxygen atoms in total. The fraction of sp³-hybridized carbons (Fsp3) is 0.357. The lowest BCUT2D eigenvalue weighted by Gasteiger charge is -2.43. The van der Waals surface area contributed by atoms with E-state index in [9.17, 15) is 13.2 Å². The lowest BCUT2D eigenvalue weighted by molar-refractivity contribution is -0.138. The molecular weight excluding hydrogens is 437 g/mol. The number of benzene rings is 3. The number of rotatable bonds is 6. The summed E-state index contributed by atoms with van der Waals surface area (Å²) in [6.45, 7) is 8.54. The first kappa shape index (κ1) is 23.8. The molecule has 1 aliphatic rings. The van der Waals surface area contributed by atoms with Crippen molar-refractivity contribution in [2.45, 2.75) is 63.8 Å². The molecule has 0 unspecified atom stereocenters. The lowest BCUT2D eigenvalue weighted by atomic mass is 9.91.